The third-order valence-corrected chi connectivity index (χ3v) is 6.38. The molecule has 4 rings (SSSR count). The van der Waals surface area contributed by atoms with Crippen LogP contribution >= 0.6 is 0 Å². The summed E-state index contributed by atoms with van der Waals surface area (Å²) in [5.41, 5.74) is 2.44. The molecule has 1 aliphatic heterocycles. The van der Waals surface area contributed by atoms with Crippen molar-refractivity contribution in [3.63, 3.8) is 0 Å². The van der Waals surface area contributed by atoms with E-state index in [-0.39, 0.29) is 10.9 Å². The van der Waals surface area contributed by atoms with Gasteiger partial charge in [-0.25, -0.2) is 13.1 Å². The van der Waals surface area contributed by atoms with Crippen LogP contribution in [0.15, 0.2) is 27.9 Å². The van der Waals surface area contributed by atoms with Crippen molar-refractivity contribution in [2.45, 2.75) is 49.5 Å². The number of hydrogen-bond acceptors (Lipinski definition) is 7. The standard InChI is InChI=1S/C16H21N5O3S/c22-25(23,14-10-17-24-11-14)20-13-5-7-21(8-6-13)16-9-12-3-1-2-4-15(12)18-19-16/h9-11,13,20H,1-8H2. The second kappa shape index (κ2) is 6.72. The first kappa shape index (κ1) is 16.5. The number of piperidine rings is 1. The van der Waals surface area contributed by atoms with Gasteiger partial charge in [0.1, 0.15) is 11.2 Å². The van der Waals surface area contributed by atoms with Gasteiger partial charge < -0.3 is 9.42 Å². The fourth-order valence-electron chi connectivity index (χ4n) is 3.48. The lowest BCUT2D eigenvalue weighted by atomic mass is 9.96. The summed E-state index contributed by atoms with van der Waals surface area (Å²) in [6.45, 7) is 1.51. The number of rotatable bonds is 4. The minimum atomic E-state index is -3.56. The van der Waals surface area contributed by atoms with Gasteiger partial charge in [-0.3, -0.25) is 0 Å². The summed E-state index contributed by atoms with van der Waals surface area (Å²) in [6.07, 6.45) is 8.30. The van der Waals surface area contributed by atoms with Gasteiger partial charge >= 0.3 is 0 Å². The van der Waals surface area contributed by atoms with Crippen LogP contribution in [0.2, 0.25) is 0 Å². The van der Waals surface area contributed by atoms with E-state index in [2.05, 4.69) is 35.6 Å². The molecule has 134 valence electrons. The van der Waals surface area contributed by atoms with E-state index in [0.717, 1.165) is 56.5 Å². The molecule has 1 saturated heterocycles. The summed E-state index contributed by atoms with van der Waals surface area (Å²) in [4.78, 5) is 2.25. The van der Waals surface area contributed by atoms with Crippen LogP contribution in [-0.4, -0.2) is 42.9 Å². The number of sulfonamides is 1. The predicted octanol–water partition coefficient (Wildman–Crippen LogP) is 1.29. The Hall–Kier alpha value is -2.00. The smallest absolute Gasteiger partial charge is 0.245 e. The van der Waals surface area contributed by atoms with Crippen LogP contribution in [0.25, 0.3) is 0 Å². The SMILES string of the molecule is O=S(=O)(NC1CCN(c2cc3c(nn2)CCCC3)CC1)c1cnoc1. The number of anilines is 1. The van der Waals surface area contributed by atoms with E-state index >= 15 is 0 Å². The highest BCUT2D eigenvalue weighted by Crippen LogP contribution is 2.24. The summed E-state index contributed by atoms with van der Waals surface area (Å²) < 4.78 is 31.8. The molecule has 0 bridgehead atoms. The quantitative estimate of drug-likeness (QED) is 0.873. The van der Waals surface area contributed by atoms with Crippen LogP contribution in [0, 0.1) is 0 Å². The highest BCUT2D eigenvalue weighted by molar-refractivity contribution is 7.89. The maximum Gasteiger partial charge on any atom is 0.245 e. The minimum Gasteiger partial charge on any atom is -0.363 e. The molecular formula is C16H21N5O3S. The number of hydrogen-bond donors (Lipinski definition) is 1. The topological polar surface area (TPSA) is 101 Å². The summed E-state index contributed by atoms with van der Waals surface area (Å²) >= 11 is 0. The molecule has 8 nitrogen and oxygen atoms in total. The number of nitrogens with one attached hydrogen (secondary N) is 1. The molecule has 0 amide bonds. The van der Waals surface area contributed by atoms with Crippen LogP contribution < -0.4 is 9.62 Å². The molecule has 0 aromatic carbocycles. The second-order valence-corrected chi connectivity index (χ2v) is 8.34. The molecule has 1 aliphatic carbocycles. The number of nitrogens with zero attached hydrogens (tertiary/aromatic N) is 4. The zero-order chi connectivity index (χ0) is 17.3. The van der Waals surface area contributed by atoms with Crippen LogP contribution in [-0.2, 0) is 22.9 Å². The Morgan fingerprint density at radius 1 is 1.16 bits per heavy atom. The average molecular weight is 363 g/mol. The summed E-state index contributed by atoms with van der Waals surface area (Å²) in [6, 6.07) is 2.06. The van der Waals surface area contributed by atoms with Crippen molar-refractivity contribution in [2.24, 2.45) is 0 Å². The molecule has 0 spiro atoms. The molecule has 25 heavy (non-hydrogen) atoms. The number of fused-ring (bicyclic) bond motifs is 1. The fourth-order valence-corrected chi connectivity index (χ4v) is 4.64. The van der Waals surface area contributed by atoms with Gasteiger partial charge in [0.25, 0.3) is 0 Å². The maximum atomic E-state index is 12.2. The Bertz CT molecular complexity index is 829. The molecule has 3 heterocycles. The van der Waals surface area contributed by atoms with Gasteiger partial charge in [0, 0.05) is 19.1 Å². The first-order chi connectivity index (χ1) is 12.1. The lowest BCUT2D eigenvalue weighted by Gasteiger charge is -2.33. The van der Waals surface area contributed by atoms with Crippen LogP contribution in [0.4, 0.5) is 5.82 Å². The first-order valence-electron chi connectivity index (χ1n) is 8.64. The summed E-state index contributed by atoms with van der Waals surface area (Å²) in [5.74, 6) is 0.904. The lowest BCUT2D eigenvalue weighted by molar-refractivity contribution is 0.417. The minimum absolute atomic E-state index is 0.0653. The fraction of sp³-hybridized carbons (Fsp3) is 0.562. The number of aromatic nitrogens is 3. The molecule has 9 heteroatoms. The normalized spacial score (nSPS) is 19.0. The highest BCUT2D eigenvalue weighted by atomic mass is 32.2. The van der Waals surface area contributed by atoms with Gasteiger partial charge in [0.2, 0.25) is 10.0 Å². The molecule has 0 unspecified atom stereocenters. The van der Waals surface area contributed by atoms with Crippen molar-refractivity contribution in [1.82, 2.24) is 20.1 Å². The van der Waals surface area contributed by atoms with Crippen molar-refractivity contribution in [3.05, 3.63) is 29.8 Å². The van der Waals surface area contributed by atoms with Crippen molar-refractivity contribution in [1.29, 1.82) is 0 Å². The third-order valence-electron chi connectivity index (χ3n) is 4.92. The Balaban J connectivity index is 1.38. The van der Waals surface area contributed by atoms with E-state index in [4.69, 9.17) is 0 Å². The van der Waals surface area contributed by atoms with Crippen LogP contribution in [0.1, 0.15) is 36.9 Å². The Morgan fingerprint density at radius 3 is 2.72 bits per heavy atom. The van der Waals surface area contributed by atoms with Crippen molar-refractivity contribution >= 4 is 15.8 Å². The van der Waals surface area contributed by atoms with Gasteiger partial charge in [0.05, 0.1) is 11.9 Å². The van der Waals surface area contributed by atoms with Gasteiger partial charge in [-0.1, -0.05) is 5.16 Å². The summed E-state index contributed by atoms with van der Waals surface area (Å²) in [5, 5.41) is 12.2. The molecule has 2 aromatic rings. The van der Waals surface area contributed by atoms with E-state index in [1.165, 1.54) is 24.6 Å². The van der Waals surface area contributed by atoms with Gasteiger partial charge in [-0.05, 0) is 50.2 Å². The van der Waals surface area contributed by atoms with E-state index in [0.29, 0.717) is 0 Å². The van der Waals surface area contributed by atoms with E-state index < -0.39 is 10.0 Å². The zero-order valence-corrected chi connectivity index (χ0v) is 14.7. The zero-order valence-electron chi connectivity index (χ0n) is 13.9. The Labute approximate surface area is 146 Å². The molecule has 1 fully saturated rings. The van der Waals surface area contributed by atoms with Gasteiger partial charge in [0.15, 0.2) is 5.82 Å². The van der Waals surface area contributed by atoms with E-state index in [1.54, 1.807) is 0 Å². The Morgan fingerprint density at radius 2 is 1.96 bits per heavy atom. The van der Waals surface area contributed by atoms with Crippen LogP contribution in [0.5, 0.6) is 0 Å². The Kier molecular flexibility index (Phi) is 4.43. The van der Waals surface area contributed by atoms with Crippen LogP contribution in [0.3, 0.4) is 0 Å². The molecule has 0 atom stereocenters. The molecule has 0 radical (unpaired) electrons. The highest BCUT2D eigenvalue weighted by Gasteiger charge is 2.26. The predicted molar refractivity (Wildman–Crippen MR) is 90.7 cm³/mol. The van der Waals surface area contributed by atoms with E-state index in [9.17, 15) is 8.42 Å². The maximum absolute atomic E-state index is 12.2. The van der Waals surface area contributed by atoms with Crippen molar-refractivity contribution < 1.29 is 12.9 Å². The largest absolute Gasteiger partial charge is 0.363 e. The summed E-state index contributed by atoms with van der Waals surface area (Å²) in [7, 11) is -3.56. The average Bonchev–Trinajstić information content (AvgIpc) is 3.17. The molecule has 2 aliphatic rings. The number of aryl methyl sites for hydroxylation is 2. The lowest BCUT2D eigenvalue weighted by Crippen LogP contribution is -2.45. The molecular weight excluding hydrogens is 342 g/mol. The molecule has 1 N–H and O–H groups in total. The van der Waals surface area contributed by atoms with Crippen molar-refractivity contribution in [2.75, 3.05) is 18.0 Å². The molecule has 0 saturated carbocycles. The van der Waals surface area contributed by atoms with E-state index in [1.807, 2.05) is 0 Å². The van der Waals surface area contributed by atoms with Crippen molar-refractivity contribution in [3.8, 4) is 0 Å². The monoisotopic (exact) mass is 363 g/mol. The third kappa shape index (κ3) is 3.52. The van der Waals surface area contributed by atoms with Gasteiger partial charge in [-0.15, -0.1) is 5.10 Å². The van der Waals surface area contributed by atoms with Gasteiger partial charge in [-0.2, -0.15) is 5.10 Å². The molecule has 2 aromatic heterocycles. The first-order valence-corrected chi connectivity index (χ1v) is 10.1. The second-order valence-electron chi connectivity index (χ2n) is 6.62.